The predicted octanol–water partition coefficient (Wildman–Crippen LogP) is 4.52. The second kappa shape index (κ2) is 15.0. The van der Waals surface area contributed by atoms with Gasteiger partial charge in [0, 0.05) is 13.7 Å². The van der Waals surface area contributed by atoms with Crippen LogP contribution in [-0.4, -0.2) is 66.2 Å². The van der Waals surface area contributed by atoms with Crippen molar-refractivity contribution in [1.82, 2.24) is 0 Å². The Kier molecular flexibility index (Phi) is 14.1. The number of hydrogen-bond acceptors (Lipinski definition) is 7. The summed E-state index contributed by atoms with van der Waals surface area (Å²) in [6, 6.07) is 6.28. The Bertz CT molecular complexity index is 740. The number of aliphatic carboxylic acids is 1. The predicted molar refractivity (Wildman–Crippen MR) is 129 cm³/mol. The molecule has 33 heavy (non-hydrogen) atoms. The fourth-order valence-corrected chi connectivity index (χ4v) is 3.82. The van der Waals surface area contributed by atoms with Gasteiger partial charge < -0.3 is 24.2 Å². The van der Waals surface area contributed by atoms with E-state index in [1.807, 2.05) is 20.3 Å². The Morgan fingerprint density at radius 3 is 2.18 bits per heavy atom. The Morgan fingerprint density at radius 1 is 1.09 bits per heavy atom. The summed E-state index contributed by atoms with van der Waals surface area (Å²) < 4.78 is 16.7. The van der Waals surface area contributed by atoms with E-state index >= 15 is 0 Å². The van der Waals surface area contributed by atoms with Crippen LogP contribution < -0.4 is 4.74 Å². The molecule has 2 N–H and O–H groups in total. The molecule has 0 aliphatic rings. The van der Waals surface area contributed by atoms with E-state index in [0.29, 0.717) is 17.7 Å². The van der Waals surface area contributed by atoms with Crippen LogP contribution in [-0.2, 0) is 18.8 Å². The van der Waals surface area contributed by atoms with Gasteiger partial charge >= 0.3 is 11.9 Å². The standard InChI is InChI=1S/C23H35O8P.CH4/c1-6-7-8-19(31-32(4)5)18(15-20(24)25)22(27)30-14-13-29-17-11-9-16(10-12-17)21(26)23(2,3)28;/h9-12,18-19,28H,6-8,13-15H2,1-5H3,(H,24,25);1H4. The highest BCUT2D eigenvalue weighted by atomic mass is 31.1. The Morgan fingerprint density at radius 2 is 1.70 bits per heavy atom. The van der Waals surface area contributed by atoms with Crippen molar-refractivity contribution < 1.29 is 38.6 Å². The van der Waals surface area contributed by atoms with Gasteiger partial charge in [0.05, 0.1) is 18.4 Å². The van der Waals surface area contributed by atoms with E-state index in [2.05, 4.69) is 0 Å². The van der Waals surface area contributed by atoms with Crippen molar-refractivity contribution in [2.24, 2.45) is 5.92 Å². The first-order valence-electron chi connectivity index (χ1n) is 10.7. The lowest BCUT2D eigenvalue weighted by Crippen LogP contribution is -2.34. The second-order valence-corrected chi connectivity index (χ2v) is 10.1. The molecule has 0 amide bonds. The fraction of sp³-hybridized carbons (Fsp3) is 0.625. The van der Waals surface area contributed by atoms with E-state index in [4.69, 9.17) is 14.0 Å². The number of carbonyl (C=O) groups is 3. The second-order valence-electron chi connectivity index (χ2n) is 8.23. The monoisotopic (exact) mass is 486 g/mol. The number of benzene rings is 1. The molecule has 0 heterocycles. The summed E-state index contributed by atoms with van der Waals surface area (Å²) >= 11 is 0. The van der Waals surface area contributed by atoms with Crippen molar-refractivity contribution in [3.05, 3.63) is 29.8 Å². The minimum atomic E-state index is -1.46. The number of carboxylic acid groups (broad SMARTS) is 1. The van der Waals surface area contributed by atoms with Gasteiger partial charge in [0.15, 0.2) is 5.78 Å². The lowest BCUT2D eigenvalue weighted by Gasteiger charge is -2.26. The number of esters is 1. The van der Waals surface area contributed by atoms with Gasteiger partial charge in [0.1, 0.15) is 24.6 Å². The van der Waals surface area contributed by atoms with E-state index in [1.165, 1.54) is 13.8 Å². The van der Waals surface area contributed by atoms with Crippen LogP contribution in [0.3, 0.4) is 0 Å². The molecule has 0 aliphatic carbocycles. The first-order chi connectivity index (χ1) is 15.0. The van der Waals surface area contributed by atoms with Crippen LogP contribution in [0.5, 0.6) is 5.75 Å². The Balaban J connectivity index is 0.0000102. The zero-order valence-corrected chi connectivity index (χ0v) is 20.4. The third-order valence-electron chi connectivity index (χ3n) is 4.60. The van der Waals surface area contributed by atoms with Crippen molar-refractivity contribution in [1.29, 1.82) is 0 Å². The smallest absolute Gasteiger partial charge is 0.312 e. The number of ether oxygens (including phenoxy) is 2. The highest BCUT2D eigenvalue weighted by Gasteiger charge is 2.33. The number of Topliss-reactive ketones (excluding diaryl/α,β-unsaturated/α-hetero) is 1. The minimum Gasteiger partial charge on any atom is -0.490 e. The van der Waals surface area contributed by atoms with Crippen LogP contribution >= 0.6 is 8.15 Å². The number of unbranched alkanes of at least 4 members (excludes halogenated alkanes) is 1. The number of carboxylic acids is 1. The molecule has 2 unspecified atom stereocenters. The highest BCUT2D eigenvalue weighted by Crippen LogP contribution is 2.34. The molecule has 9 heteroatoms. The summed E-state index contributed by atoms with van der Waals surface area (Å²) in [6.45, 7) is 8.70. The van der Waals surface area contributed by atoms with Crippen molar-refractivity contribution in [3.8, 4) is 5.75 Å². The van der Waals surface area contributed by atoms with Crippen LogP contribution in [0.4, 0.5) is 0 Å². The average molecular weight is 487 g/mol. The maximum atomic E-state index is 12.6. The summed E-state index contributed by atoms with van der Waals surface area (Å²) in [4.78, 5) is 36.0. The molecule has 1 rings (SSSR count). The van der Waals surface area contributed by atoms with E-state index in [0.717, 1.165) is 12.8 Å². The van der Waals surface area contributed by atoms with Crippen molar-refractivity contribution in [3.63, 3.8) is 0 Å². The van der Waals surface area contributed by atoms with Gasteiger partial charge in [-0.05, 0) is 57.9 Å². The maximum Gasteiger partial charge on any atom is 0.312 e. The summed E-state index contributed by atoms with van der Waals surface area (Å²) in [5.74, 6) is -2.49. The lowest BCUT2D eigenvalue weighted by atomic mass is 9.94. The van der Waals surface area contributed by atoms with E-state index in [9.17, 15) is 24.6 Å². The molecular weight excluding hydrogens is 447 g/mol. The van der Waals surface area contributed by atoms with Crippen LogP contribution in [0.1, 0.15) is 64.2 Å². The molecule has 0 saturated carbocycles. The zero-order valence-electron chi connectivity index (χ0n) is 19.5. The molecule has 0 bridgehead atoms. The molecule has 0 fully saturated rings. The SMILES string of the molecule is C.CCCCC(OP(C)C)C(CC(=O)O)C(=O)OCCOc1ccc(C(=O)C(C)(C)O)cc1. The van der Waals surface area contributed by atoms with Crippen LogP contribution in [0.15, 0.2) is 24.3 Å². The van der Waals surface area contributed by atoms with Crippen LogP contribution in [0.25, 0.3) is 0 Å². The van der Waals surface area contributed by atoms with Gasteiger partial charge in [-0.2, -0.15) is 0 Å². The van der Waals surface area contributed by atoms with Crippen LogP contribution in [0.2, 0.25) is 0 Å². The number of hydrogen-bond donors (Lipinski definition) is 2. The molecule has 188 valence electrons. The first kappa shape index (κ1) is 31.0. The summed E-state index contributed by atoms with van der Waals surface area (Å²) in [5.41, 5.74) is -1.10. The number of rotatable bonds is 15. The molecular formula is C24H39O8P. The van der Waals surface area contributed by atoms with Crippen molar-refractivity contribution in [2.45, 2.75) is 65.6 Å². The highest BCUT2D eigenvalue weighted by molar-refractivity contribution is 7.50. The topological polar surface area (TPSA) is 119 Å². The maximum absolute atomic E-state index is 12.6. The van der Waals surface area contributed by atoms with Gasteiger partial charge in [-0.15, -0.1) is 0 Å². The molecule has 0 saturated heterocycles. The Hall–Kier alpha value is -2.02. The summed E-state index contributed by atoms with van der Waals surface area (Å²) in [6.07, 6.45) is 1.48. The minimum absolute atomic E-state index is 0. The third kappa shape index (κ3) is 11.6. The number of carbonyl (C=O) groups excluding carboxylic acids is 2. The average Bonchev–Trinajstić information content (AvgIpc) is 2.71. The number of ketones is 1. The van der Waals surface area contributed by atoms with Gasteiger partial charge in [-0.3, -0.25) is 14.4 Å². The zero-order chi connectivity index (χ0) is 24.3. The van der Waals surface area contributed by atoms with Gasteiger partial charge in [0.25, 0.3) is 0 Å². The molecule has 0 radical (unpaired) electrons. The molecule has 0 aromatic heterocycles. The normalized spacial score (nSPS) is 13.1. The lowest BCUT2D eigenvalue weighted by molar-refractivity contribution is -0.157. The quantitative estimate of drug-likeness (QED) is 0.161. The van der Waals surface area contributed by atoms with Crippen molar-refractivity contribution >= 4 is 25.9 Å². The first-order valence-corrected chi connectivity index (χ1v) is 12.8. The molecule has 1 aromatic rings. The van der Waals surface area contributed by atoms with Crippen LogP contribution in [0, 0.1) is 5.92 Å². The van der Waals surface area contributed by atoms with Gasteiger partial charge in [-0.25, -0.2) is 0 Å². The fourth-order valence-electron chi connectivity index (χ4n) is 3.02. The van der Waals surface area contributed by atoms with Gasteiger partial charge in [0.2, 0.25) is 0 Å². The molecule has 8 nitrogen and oxygen atoms in total. The summed E-state index contributed by atoms with van der Waals surface area (Å²) in [5, 5.41) is 19.0. The third-order valence-corrected chi connectivity index (χ3v) is 5.30. The van der Waals surface area contributed by atoms with E-state index in [1.54, 1.807) is 24.3 Å². The van der Waals surface area contributed by atoms with E-state index in [-0.39, 0.29) is 27.1 Å². The molecule has 0 aliphatic heterocycles. The van der Waals surface area contributed by atoms with Gasteiger partial charge in [-0.1, -0.05) is 27.2 Å². The molecule has 0 spiro atoms. The summed E-state index contributed by atoms with van der Waals surface area (Å²) in [7, 11) is -0.765. The van der Waals surface area contributed by atoms with E-state index < -0.39 is 43.5 Å². The Labute approximate surface area is 198 Å². The number of aliphatic hydroxyl groups is 1. The molecule has 2 atom stereocenters. The van der Waals surface area contributed by atoms with Crippen molar-refractivity contribution in [2.75, 3.05) is 26.5 Å². The molecule has 1 aromatic carbocycles. The largest absolute Gasteiger partial charge is 0.490 e.